The van der Waals surface area contributed by atoms with E-state index in [1.165, 1.54) is 11.4 Å². The molecular weight excluding hydrogens is 196 g/mol. The van der Waals surface area contributed by atoms with Crippen LogP contribution in [0.1, 0.15) is 38.7 Å². The summed E-state index contributed by atoms with van der Waals surface area (Å²) in [5, 5.41) is 3.31. The van der Waals surface area contributed by atoms with Crippen molar-refractivity contribution in [3.05, 3.63) is 35.9 Å². The lowest BCUT2D eigenvalue weighted by Gasteiger charge is -2.11. The van der Waals surface area contributed by atoms with Crippen molar-refractivity contribution in [3.63, 3.8) is 0 Å². The van der Waals surface area contributed by atoms with E-state index in [4.69, 9.17) is 0 Å². The van der Waals surface area contributed by atoms with Gasteiger partial charge in [-0.05, 0) is 11.5 Å². The van der Waals surface area contributed by atoms with Crippen LogP contribution in [0.3, 0.4) is 0 Å². The molecule has 0 spiro atoms. The molecule has 1 unspecified atom stereocenters. The lowest BCUT2D eigenvalue weighted by molar-refractivity contribution is 0.789. The number of hydrogen-bond acceptors (Lipinski definition) is 2. The Hall–Kier alpha value is -1.31. The van der Waals surface area contributed by atoms with Gasteiger partial charge in [0.15, 0.2) is 0 Å². The lowest BCUT2D eigenvalue weighted by Crippen LogP contribution is -2.20. The van der Waals surface area contributed by atoms with Gasteiger partial charge in [0, 0.05) is 13.0 Å². The summed E-state index contributed by atoms with van der Waals surface area (Å²) in [6.45, 7) is 8.20. The molecule has 1 aliphatic rings. The van der Waals surface area contributed by atoms with Crippen LogP contribution in [0, 0.1) is 0 Å². The van der Waals surface area contributed by atoms with E-state index in [0.717, 1.165) is 19.5 Å². The highest BCUT2D eigenvalue weighted by Crippen LogP contribution is 2.18. The lowest BCUT2D eigenvalue weighted by atomic mass is 9.97. The van der Waals surface area contributed by atoms with Crippen molar-refractivity contribution in [1.82, 2.24) is 5.32 Å². The van der Waals surface area contributed by atoms with E-state index in [1.54, 1.807) is 0 Å². The maximum absolute atomic E-state index is 4.41. The highest BCUT2D eigenvalue weighted by atomic mass is 15.1. The van der Waals surface area contributed by atoms with E-state index in [0.29, 0.717) is 5.92 Å². The Morgan fingerprint density at radius 2 is 1.94 bits per heavy atom. The first-order valence-electron chi connectivity index (χ1n) is 6.18. The van der Waals surface area contributed by atoms with Crippen molar-refractivity contribution < 1.29 is 0 Å². The molecule has 2 nitrogen and oxygen atoms in total. The van der Waals surface area contributed by atoms with Crippen molar-refractivity contribution in [2.45, 2.75) is 33.1 Å². The molecule has 1 aromatic rings. The van der Waals surface area contributed by atoms with E-state index in [2.05, 4.69) is 47.6 Å². The van der Waals surface area contributed by atoms with Crippen LogP contribution in [0.2, 0.25) is 0 Å². The van der Waals surface area contributed by atoms with Gasteiger partial charge in [0.1, 0.15) is 0 Å². The van der Waals surface area contributed by atoms with Crippen molar-refractivity contribution in [3.8, 4) is 0 Å². The van der Waals surface area contributed by atoms with Gasteiger partial charge in [-0.25, -0.2) is 0 Å². The average molecular weight is 218 g/mol. The molecule has 0 aromatic heterocycles. The minimum absolute atomic E-state index is 0.556. The number of benzene rings is 1. The fourth-order valence-electron chi connectivity index (χ4n) is 1.77. The van der Waals surface area contributed by atoms with Crippen LogP contribution < -0.4 is 5.32 Å². The van der Waals surface area contributed by atoms with Crippen LogP contribution in [0.5, 0.6) is 0 Å². The molecule has 2 heteroatoms. The Kier molecular flexibility index (Phi) is 5.62. The maximum atomic E-state index is 4.41. The molecule has 0 fully saturated rings. The summed E-state index contributed by atoms with van der Waals surface area (Å²) in [6.07, 6.45) is 1.03. The second kappa shape index (κ2) is 7.04. The van der Waals surface area contributed by atoms with Crippen molar-refractivity contribution in [2.24, 2.45) is 4.99 Å². The molecule has 1 aromatic carbocycles. The summed E-state index contributed by atoms with van der Waals surface area (Å²) in [5.74, 6) is 1.72. The Morgan fingerprint density at radius 3 is 2.50 bits per heavy atom. The summed E-state index contributed by atoms with van der Waals surface area (Å²) in [6, 6.07) is 10.6. The molecule has 0 aliphatic carbocycles. The fourth-order valence-corrected chi connectivity index (χ4v) is 1.77. The molecule has 1 aliphatic heterocycles. The zero-order chi connectivity index (χ0) is 11.8. The van der Waals surface area contributed by atoms with Crippen LogP contribution in [0.25, 0.3) is 0 Å². The molecule has 0 saturated carbocycles. The third-order valence-corrected chi connectivity index (χ3v) is 2.61. The van der Waals surface area contributed by atoms with Crippen LogP contribution in [0.4, 0.5) is 0 Å². The summed E-state index contributed by atoms with van der Waals surface area (Å²) >= 11 is 0. The van der Waals surface area contributed by atoms with Gasteiger partial charge in [-0.2, -0.15) is 0 Å². The Morgan fingerprint density at radius 1 is 1.25 bits per heavy atom. The molecule has 0 radical (unpaired) electrons. The van der Waals surface area contributed by atoms with Gasteiger partial charge in [0.25, 0.3) is 0 Å². The largest absolute Gasteiger partial charge is 0.372 e. The van der Waals surface area contributed by atoms with Crippen LogP contribution >= 0.6 is 0 Å². The Balaban J connectivity index is 0.000000606. The topological polar surface area (TPSA) is 24.4 Å². The molecule has 0 amide bonds. The average Bonchev–Trinajstić information content (AvgIpc) is 2.86. The monoisotopic (exact) mass is 218 g/mol. The molecule has 1 atom stereocenters. The van der Waals surface area contributed by atoms with E-state index in [9.17, 15) is 0 Å². The molecule has 16 heavy (non-hydrogen) atoms. The third-order valence-electron chi connectivity index (χ3n) is 2.61. The van der Waals surface area contributed by atoms with Crippen molar-refractivity contribution in [2.75, 3.05) is 13.1 Å². The first-order valence-corrected chi connectivity index (χ1v) is 6.18. The van der Waals surface area contributed by atoms with E-state index >= 15 is 0 Å². The maximum Gasteiger partial charge on any atom is 0.0970 e. The van der Waals surface area contributed by atoms with Crippen LogP contribution in [0.15, 0.2) is 35.3 Å². The summed E-state index contributed by atoms with van der Waals surface area (Å²) in [7, 11) is 0. The zero-order valence-corrected chi connectivity index (χ0v) is 10.5. The first-order chi connectivity index (χ1) is 7.86. The minimum atomic E-state index is 0.556. The molecule has 88 valence electrons. The van der Waals surface area contributed by atoms with Gasteiger partial charge in [0.2, 0.25) is 0 Å². The summed E-state index contributed by atoms with van der Waals surface area (Å²) < 4.78 is 0. The minimum Gasteiger partial charge on any atom is -0.372 e. The molecule has 1 N–H and O–H groups in total. The number of hydrogen-bond donors (Lipinski definition) is 1. The Labute approximate surface area is 98.8 Å². The SMILES string of the molecule is CC.CC(CC1=NCCN1)c1ccccc1. The molecular formula is C14H22N2. The highest BCUT2D eigenvalue weighted by Gasteiger charge is 2.11. The summed E-state index contributed by atoms with van der Waals surface area (Å²) in [4.78, 5) is 4.41. The van der Waals surface area contributed by atoms with Gasteiger partial charge in [0.05, 0.1) is 12.4 Å². The zero-order valence-electron chi connectivity index (χ0n) is 10.5. The van der Waals surface area contributed by atoms with E-state index in [-0.39, 0.29) is 0 Å². The van der Waals surface area contributed by atoms with Gasteiger partial charge in [-0.15, -0.1) is 0 Å². The van der Waals surface area contributed by atoms with E-state index < -0.39 is 0 Å². The number of nitrogens with zero attached hydrogens (tertiary/aromatic N) is 1. The first kappa shape index (κ1) is 12.8. The van der Waals surface area contributed by atoms with Gasteiger partial charge >= 0.3 is 0 Å². The van der Waals surface area contributed by atoms with Gasteiger partial charge in [-0.3, -0.25) is 4.99 Å². The third kappa shape index (κ3) is 3.69. The second-order valence-corrected chi connectivity index (χ2v) is 3.77. The quantitative estimate of drug-likeness (QED) is 0.827. The molecule has 2 rings (SSSR count). The number of aliphatic imine (C=N–C) groups is 1. The fraction of sp³-hybridized carbons (Fsp3) is 0.500. The normalized spacial score (nSPS) is 15.6. The predicted octanol–water partition coefficient (Wildman–Crippen LogP) is 3.21. The number of rotatable bonds is 3. The van der Waals surface area contributed by atoms with Crippen molar-refractivity contribution >= 4 is 5.84 Å². The molecule has 0 saturated heterocycles. The summed E-state index contributed by atoms with van der Waals surface area (Å²) in [5.41, 5.74) is 1.39. The highest BCUT2D eigenvalue weighted by molar-refractivity contribution is 5.84. The van der Waals surface area contributed by atoms with Gasteiger partial charge < -0.3 is 5.32 Å². The standard InChI is InChI=1S/C12H16N2.C2H6/c1-10(9-12-13-7-8-14-12)11-5-3-2-4-6-11;1-2/h2-6,10H,7-9H2,1H3,(H,13,14);1-2H3. The Bertz CT molecular complexity index is 317. The van der Waals surface area contributed by atoms with Crippen LogP contribution in [-0.4, -0.2) is 18.9 Å². The number of nitrogens with one attached hydrogen (secondary N) is 1. The van der Waals surface area contributed by atoms with Crippen molar-refractivity contribution in [1.29, 1.82) is 0 Å². The predicted molar refractivity (Wildman–Crippen MR) is 71.1 cm³/mol. The molecule has 0 bridgehead atoms. The molecule has 1 heterocycles. The van der Waals surface area contributed by atoms with E-state index in [1.807, 2.05) is 13.8 Å². The smallest absolute Gasteiger partial charge is 0.0970 e. The van der Waals surface area contributed by atoms with Crippen LogP contribution in [-0.2, 0) is 0 Å². The number of amidine groups is 1. The van der Waals surface area contributed by atoms with Gasteiger partial charge in [-0.1, -0.05) is 51.1 Å². The second-order valence-electron chi connectivity index (χ2n) is 3.77.